The molecule has 0 amide bonds. The Bertz CT molecular complexity index is 814. The van der Waals surface area contributed by atoms with E-state index in [0.29, 0.717) is 17.9 Å². The largest absolute Gasteiger partial charge is 0.322 e. The Morgan fingerprint density at radius 1 is 1.33 bits per heavy atom. The van der Waals surface area contributed by atoms with Gasteiger partial charge in [-0.05, 0) is 30.2 Å². The molecule has 108 valence electrons. The van der Waals surface area contributed by atoms with Gasteiger partial charge in [-0.1, -0.05) is 11.6 Å². The number of pyridine rings is 1. The third-order valence-corrected chi connectivity index (χ3v) is 3.98. The molecule has 3 nitrogen and oxygen atoms in total. The molecule has 2 aromatic heterocycles. The van der Waals surface area contributed by atoms with Crippen LogP contribution in [0.2, 0.25) is 5.02 Å². The standard InChI is InChI=1S/C15H12Cl2FN3/c1-9-7-19-3-2-10(9)8-21-14-4-11(17)12(18)5-13(14)20-15(21)6-16/h2-5,7H,6,8H2,1H3. The number of nitrogens with zero attached hydrogens (tertiary/aromatic N) is 3. The summed E-state index contributed by atoms with van der Waals surface area (Å²) >= 11 is 11.9. The summed E-state index contributed by atoms with van der Waals surface area (Å²) in [6, 6.07) is 4.87. The topological polar surface area (TPSA) is 30.7 Å². The highest BCUT2D eigenvalue weighted by molar-refractivity contribution is 6.31. The van der Waals surface area contributed by atoms with Gasteiger partial charge >= 0.3 is 0 Å². The van der Waals surface area contributed by atoms with Crippen molar-refractivity contribution in [3.63, 3.8) is 0 Å². The predicted octanol–water partition coefficient (Wildman–Crippen LogP) is 4.32. The number of alkyl halides is 1. The molecule has 0 fully saturated rings. The number of hydrogen-bond acceptors (Lipinski definition) is 2. The number of halogens is 3. The van der Waals surface area contributed by atoms with E-state index in [1.54, 1.807) is 12.3 Å². The van der Waals surface area contributed by atoms with Crippen molar-refractivity contribution in [2.24, 2.45) is 0 Å². The number of aryl methyl sites for hydroxylation is 1. The lowest BCUT2D eigenvalue weighted by atomic mass is 10.1. The molecular formula is C15H12Cl2FN3. The fraction of sp³-hybridized carbons (Fsp3) is 0.200. The van der Waals surface area contributed by atoms with Crippen molar-refractivity contribution in [3.05, 3.63) is 58.4 Å². The van der Waals surface area contributed by atoms with Gasteiger partial charge in [0.1, 0.15) is 11.6 Å². The third-order valence-electron chi connectivity index (χ3n) is 3.45. The quantitative estimate of drug-likeness (QED) is 0.672. The van der Waals surface area contributed by atoms with E-state index < -0.39 is 5.82 Å². The minimum atomic E-state index is -0.477. The summed E-state index contributed by atoms with van der Waals surface area (Å²) in [4.78, 5) is 8.46. The van der Waals surface area contributed by atoms with E-state index in [1.165, 1.54) is 6.07 Å². The second-order valence-corrected chi connectivity index (χ2v) is 5.48. The van der Waals surface area contributed by atoms with Gasteiger partial charge in [0.2, 0.25) is 0 Å². The normalized spacial score (nSPS) is 11.2. The van der Waals surface area contributed by atoms with Gasteiger partial charge in [-0.3, -0.25) is 4.98 Å². The zero-order valence-electron chi connectivity index (χ0n) is 11.3. The second kappa shape index (κ2) is 5.62. The molecule has 3 aromatic rings. The second-order valence-electron chi connectivity index (χ2n) is 4.80. The Kier molecular flexibility index (Phi) is 3.83. The summed E-state index contributed by atoms with van der Waals surface area (Å²) in [5, 5.41) is 0.0798. The van der Waals surface area contributed by atoms with Crippen LogP contribution in [0, 0.1) is 12.7 Å². The van der Waals surface area contributed by atoms with E-state index in [9.17, 15) is 4.39 Å². The molecule has 0 atom stereocenters. The van der Waals surface area contributed by atoms with Crippen LogP contribution in [0.1, 0.15) is 17.0 Å². The lowest BCUT2D eigenvalue weighted by Crippen LogP contribution is -2.05. The summed E-state index contributed by atoms with van der Waals surface area (Å²) in [6.45, 7) is 2.59. The van der Waals surface area contributed by atoms with Crippen LogP contribution in [-0.4, -0.2) is 14.5 Å². The lowest BCUT2D eigenvalue weighted by molar-refractivity contribution is 0.629. The van der Waals surface area contributed by atoms with Crippen LogP contribution in [0.5, 0.6) is 0 Å². The lowest BCUT2D eigenvalue weighted by Gasteiger charge is -2.10. The highest BCUT2D eigenvalue weighted by atomic mass is 35.5. The fourth-order valence-electron chi connectivity index (χ4n) is 2.30. The van der Waals surface area contributed by atoms with Gasteiger partial charge in [-0.25, -0.2) is 9.37 Å². The molecule has 0 aliphatic rings. The van der Waals surface area contributed by atoms with Crippen molar-refractivity contribution in [3.8, 4) is 0 Å². The maximum Gasteiger partial charge on any atom is 0.144 e. The molecule has 0 spiro atoms. The number of imidazole rings is 1. The van der Waals surface area contributed by atoms with E-state index >= 15 is 0 Å². The van der Waals surface area contributed by atoms with Gasteiger partial charge in [0.15, 0.2) is 0 Å². The minimum absolute atomic E-state index is 0.0798. The molecule has 0 unspecified atom stereocenters. The molecule has 1 aromatic carbocycles. The van der Waals surface area contributed by atoms with Crippen molar-refractivity contribution in [2.45, 2.75) is 19.3 Å². The molecule has 0 aliphatic heterocycles. The van der Waals surface area contributed by atoms with Gasteiger partial charge in [0, 0.05) is 25.0 Å². The summed E-state index contributed by atoms with van der Waals surface area (Å²) in [7, 11) is 0. The van der Waals surface area contributed by atoms with Crippen molar-refractivity contribution in [1.82, 2.24) is 14.5 Å². The molecule has 0 radical (unpaired) electrons. The molecule has 0 saturated heterocycles. The summed E-state index contributed by atoms with van der Waals surface area (Å²) < 4.78 is 15.5. The SMILES string of the molecule is Cc1cnccc1Cn1c(CCl)nc2cc(F)c(Cl)cc21. The van der Waals surface area contributed by atoms with Crippen molar-refractivity contribution >= 4 is 34.2 Å². The molecule has 3 rings (SSSR count). The van der Waals surface area contributed by atoms with E-state index in [4.69, 9.17) is 23.2 Å². The highest BCUT2D eigenvalue weighted by Gasteiger charge is 2.14. The smallest absolute Gasteiger partial charge is 0.144 e. The Labute approximate surface area is 131 Å². The summed E-state index contributed by atoms with van der Waals surface area (Å²) in [5.41, 5.74) is 3.51. The van der Waals surface area contributed by atoms with Gasteiger partial charge in [-0.2, -0.15) is 0 Å². The highest BCUT2D eigenvalue weighted by Crippen LogP contribution is 2.25. The Hall–Kier alpha value is -1.65. The number of hydrogen-bond donors (Lipinski definition) is 0. The van der Waals surface area contributed by atoms with Crippen molar-refractivity contribution < 1.29 is 4.39 Å². The maximum atomic E-state index is 13.6. The number of aromatic nitrogens is 3. The number of fused-ring (bicyclic) bond motifs is 1. The Morgan fingerprint density at radius 3 is 2.86 bits per heavy atom. The number of benzene rings is 1. The van der Waals surface area contributed by atoms with E-state index in [2.05, 4.69) is 9.97 Å². The molecule has 21 heavy (non-hydrogen) atoms. The predicted molar refractivity (Wildman–Crippen MR) is 82.3 cm³/mol. The zero-order chi connectivity index (χ0) is 15.0. The summed E-state index contributed by atoms with van der Waals surface area (Å²) in [5.74, 6) is 0.456. The average Bonchev–Trinajstić information content (AvgIpc) is 2.79. The molecule has 0 N–H and O–H groups in total. The monoisotopic (exact) mass is 323 g/mol. The van der Waals surface area contributed by atoms with Crippen molar-refractivity contribution in [2.75, 3.05) is 0 Å². The van der Waals surface area contributed by atoms with Crippen LogP contribution in [0.15, 0.2) is 30.6 Å². The van der Waals surface area contributed by atoms with Crippen LogP contribution in [-0.2, 0) is 12.4 Å². The fourth-order valence-corrected chi connectivity index (χ4v) is 2.66. The minimum Gasteiger partial charge on any atom is -0.322 e. The first kappa shape index (κ1) is 14.3. The molecule has 0 saturated carbocycles. The van der Waals surface area contributed by atoms with Crippen LogP contribution < -0.4 is 0 Å². The Balaban J connectivity index is 2.16. The van der Waals surface area contributed by atoms with Crippen LogP contribution in [0.4, 0.5) is 4.39 Å². The molecule has 0 aliphatic carbocycles. The summed E-state index contributed by atoms with van der Waals surface area (Å²) in [6.07, 6.45) is 3.55. The van der Waals surface area contributed by atoms with Crippen LogP contribution in [0.25, 0.3) is 11.0 Å². The van der Waals surface area contributed by atoms with Gasteiger partial charge < -0.3 is 4.57 Å². The third kappa shape index (κ3) is 2.61. The molecule has 0 bridgehead atoms. The van der Waals surface area contributed by atoms with E-state index in [-0.39, 0.29) is 10.9 Å². The Morgan fingerprint density at radius 2 is 2.14 bits per heavy atom. The number of rotatable bonds is 3. The molecule has 6 heteroatoms. The molecular weight excluding hydrogens is 312 g/mol. The van der Waals surface area contributed by atoms with Crippen molar-refractivity contribution in [1.29, 1.82) is 0 Å². The average molecular weight is 324 g/mol. The van der Waals surface area contributed by atoms with Crippen LogP contribution >= 0.6 is 23.2 Å². The molecule has 2 heterocycles. The van der Waals surface area contributed by atoms with Gasteiger partial charge in [-0.15, -0.1) is 11.6 Å². The first-order valence-corrected chi connectivity index (χ1v) is 7.31. The maximum absolute atomic E-state index is 13.6. The zero-order valence-corrected chi connectivity index (χ0v) is 12.8. The first-order chi connectivity index (χ1) is 10.1. The van der Waals surface area contributed by atoms with Gasteiger partial charge in [0.25, 0.3) is 0 Å². The van der Waals surface area contributed by atoms with E-state index in [1.807, 2.05) is 23.8 Å². The first-order valence-electron chi connectivity index (χ1n) is 6.39. The van der Waals surface area contributed by atoms with Gasteiger partial charge in [0.05, 0.1) is 21.9 Å². The van der Waals surface area contributed by atoms with E-state index in [0.717, 1.165) is 16.6 Å². The van der Waals surface area contributed by atoms with Crippen LogP contribution in [0.3, 0.4) is 0 Å².